The van der Waals surface area contributed by atoms with Gasteiger partial charge in [-0.3, -0.25) is 14.5 Å². The molecule has 0 bridgehead atoms. The van der Waals surface area contributed by atoms with Crippen LogP contribution in [0.3, 0.4) is 0 Å². The first kappa shape index (κ1) is 33.2. The molecule has 9 heteroatoms. The summed E-state index contributed by atoms with van der Waals surface area (Å²) in [6, 6.07) is 10.6. The fraction of sp³-hybridized carbons (Fsp3) is 0.553. The maximum Gasteiger partial charge on any atom is 0.221 e. The summed E-state index contributed by atoms with van der Waals surface area (Å²) in [5.74, 6) is 0.186. The lowest BCUT2D eigenvalue weighted by Crippen LogP contribution is -2.53. The number of nitrogens with one attached hydrogen (secondary N) is 2. The number of nitrogens with zero attached hydrogens (tertiary/aromatic N) is 4. The van der Waals surface area contributed by atoms with Gasteiger partial charge in [0.15, 0.2) is 11.5 Å². The topological polar surface area (TPSA) is 85.3 Å². The highest BCUT2D eigenvalue weighted by Crippen LogP contribution is 2.46. The number of hydrogen-bond acceptors (Lipinski definition) is 6. The first-order valence-corrected chi connectivity index (χ1v) is 17.6. The molecule has 0 radical (unpaired) electrons. The second kappa shape index (κ2) is 14.2. The van der Waals surface area contributed by atoms with Crippen molar-refractivity contribution < 1.29 is 14.3 Å². The summed E-state index contributed by atoms with van der Waals surface area (Å²) in [6.45, 7) is 25.0. The van der Waals surface area contributed by atoms with Crippen LogP contribution in [0.5, 0.6) is 0 Å². The molecular formula is C38H50N6O3. The third-order valence-electron chi connectivity index (χ3n) is 10.6. The fourth-order valence-corrected chi connectivity index (χ4v) is 7.83. The van der Waals surface area contributed by atoms with Crippen molar-refractivity contribution in [2.75, 3.05) is 70.5 Å². The van der Waals surface area contributed by atoms with Crippen LogP contribution in [0.4, 0.5) is 11.4 Å². The van der Waals surface area contributed by atoms with Gasteiger partial charge < -0.3 is 24.8 Å². The van der Waals surface area contributed by atoms with E-state index in [4.69, 9.17) is 11.3 Å². The van der Waals surface area contributed by atoms with E-state index in [9.17, 15) is 9.59 Å². The highest BCUT2D eigenvalue weighted by Gasteiger charge is 2.41. The Bertz CT molecular complexity index is 1650. The Hall–Kier alpha value is -3.71. The predicted octanol–water partition coefficient (Wildman–Crippen LogP) is 5.67. The number of aromatic nitrogens is 1. The predicted molar refractivity (Wildman–Crippen MR) is 188 cm³/mol. The van der Waals surface area contributed by atoms with Crippen LogP contribution in [0.2, 0.25) is 0 Å². The molecule has 1 amide bonds. The van der Waals surface area contributed by atoms with Gasteiger partial charge in [-0.1, -0.05) is 39.8 Å². The molecule has 0 unspecified atom stereocenters. The van der Waals surface area contributed by atoms with Crippen molar-refractivity contribution in [3.8, 4) is 0 Å². The lowest BCUT2D eigenvalue weighted by Gasteiger charge is -2.44. The van der Waals surface area contributed by atoms with Gasteiger partial charge in [0, 0.05) is 105 Å². The minimum atomic E-state index is -0.376. The molecule has 1 aliphatic carbocycles. The van der Waals surface area contributed by atoms with Crippen molar-refractivity contribution in [2.24, 2.45) is 0 Å². The quantitative estimate of drug-likeness (QED) is 0.208. The Morgan fingerprint density at radius 1 is 1.06 bits per heavy atom. The van der Waals surface area contributed by atoms with Gasteiger partial charge in [0.25, 0.3) is 0 Å². The molecule has 0 spiro atoms. The summed E-state index contributed by atoms with van der Waals surface area (Å²) < 4.78 is 5.45. The highest BCUT2D eigenvalue weighted by atomic mass is 16.5. The zero-order valence-electron chi connectivity index (χ0n) is 28.6. The number of hydrogen-bond donors (Lipinski definition) is 2. The minimum Gasteiger partial charge on any atom is -0.380 e. The zero-order valence-corrected chi connectivity index (χ0v) is 28.6. The summed E-state index contributed by atoms with van der Waals surface area (Å²) >= 11 is 0. The van der Waals surface area contributed by atoms with Crippen molar-refractivity contribution in [1.82, 2.24) is 20.1 Å². The number of carbonyl (C=O) groups excluding carboxylic acids is 2. The summed E-state index contributed by atoms with van der Waals surface area (Å²) in [6.07, 6.45) is 4.66. The average Bonchev–Trinajstić information content (AvgIpc) is 3.50. The fourth-order valence-electron chi connectivity index (χ4n) is 7.83. The molecule has 47 heavy (non-hydrogen) atoms. The van der Waals surface area contributed by atoms with Crippen molar-refractivity contribution in [3.63, 3.8) is 0 Å². The monoisotopic (exact) mass is 638 g/mol. The van der Waals surface area contributed by atoms with E-state index in [1.165, 1.54) is 11.3 Å². The maximum atomic E-state index is 14.0. The molecule has 3 heterocycles. The molecule has 2 fully saturated rings. The van der Waals surface area contributed by atoms with Gasteiger partial charge in [-0.15, -0.1) is 0 Å². The van der Waals surface area contributed by atoms with Gasteiger partial charge in [-0.25, -0.2) is 4.85 Å². The van der Waals surface area contributed by atoms with Crippen molar-refractivity contribution >= 4 is 34.0 Å². The number of carbonyl (C=O) groups is 2. The van der Waals surface area contributed by atoms with Gasteiger partial charge >= 0.3 is 0 Å². The number of piperidine rings is 1. The number of aromatic amines is 1. The van der Waals surface area contributed by atoms with Gasteiger partial charge in [-0.2, -0.15) is 0 Å². The first-order chi connectivity index (χ1) is 22.7. The number of ether oxygens (including phenoxy) is 1. The standard InChI is InChI=1S/C38H50N6O3/c1-6-21-47-22-13-40-34(45)12-14-42-17-19-43(20-18-42)28-10-15-44(16-11-28)33-25-31-30(23-26(33)7-2)36(46)35-29-9-8-27(39-5)24-32(29)41-37(35)38(31,3)4/h8-9,23-25,28,41H,6-7,10-22H2,1-4H3,(H,40,45). The molecule has 0 saturated carbocycles. The molecule has 2 N–H and O–H groups in total. The Balaban J connectivity index is 1.07. The molecule has 0 atom stereocenters. The molecule has 6 rings (SSSR count). The number of H-pyrrole nitrogens is 1. The van der Waals surface area contributed by atoms with E-state index in [0.29, 0.717) is 31.3 Å². The van der Waals surface area contributed by atoms with E-state index in [1.807, 2.05) is 12.1 Å². The number of fused-ring (bicyclic) bond motifs is 4. The summed E-state index contributed by atoms with van der Waals surface area (Å²) in [5.41, 5.74) is 7.13. The SMILES string of the molecule is [C-]#[N+]c1ccc2c3c([nH]c2c1)C(C)(C)c1cc(N2CCC(N4CCN(CCC(=O)NCCOCCC)CC4)CC2)c(CC)cc1C3=O. The van der Waals surface area contributed by atoms with E-state index in [0.717, 1.165) is 111 Å². The summed E-state index contributed by atoms with van der Waals surface area (Å²) in [7, 11) is 0. The normalized spacial score (nSPS) is 18.6. The van der Waals surface area contributed by atoms with Gasteiger partial charge in [-0.05, 0) is 55.0 Å². The first-order valence-electron chi connectivity index (χ1n) is 17.6. The second-order valence-electron chi connectivity index (χ2n) is 13.9. The Labute approximate surface area is 279 Å². The van der Waals surface area contributed by atoms with Gasteiger partial charge in [0.2, 0.25) is 5.91 Å². The number of anilines is 1. The average molecular weight is 639 g/mol. The van der Waals surface area contributed by atoms with Crippen LogP contribution in [0.15, 0.2) is 30.3 Å². The number of benzene rings is 2. The minimum absolute atomic E-state index is 0.0767. The number of ketones is 1. The van der Waals surface area contributed by atoms with Crippen molar-refractivity contribution in [1.29, 1.82) is 0 Å². The smallest absolute Gasteiger partial charge is 0.221 e. The largest absolute Gasteiger partial charge is 0.380 e. The Morgan fingerprint density at radius 2 is 1.83 bits per heavy atom. The van der Waals surface area contributed by atoms with E-state index in [2.05, 4.69) is 69.7 Å². The van der Waals surface area contributed by atoms with E-state index in [-0.39, 0.29) is 17.1 Å². The molecule has 250 valence electrons. The third kappa shape index (κ3) is 6.69. The van der Waals surface area contributed by atoms with Crippen LogP contribution >= 0.6 is 0 Å². The maximum absolute atomic E-state index is 14.0. The van der Waals surface area contributed by atoms with Crippen LogP contribution in [0, 0.1) is 6.57 Å². The molecule has 3 aliphatic rings. The second-order valence-corrected chi connectivity index (χ2v) is 13.9. The van der Waals surface area contributed by atoms with Crippen LogP contribution in [0.25, 0.3) is 15.7 Å². The van der Waals surface area contributed by atoms with E-state index >= 15 is 0 Å². The molecule has 2 aromatic carbocycles. The molecule has 2 saturated heterocycles. The zero-order chi connectivity index (χ0) is 33.1. The summed E-state index contributed by atoms with van der Waals surface area (Å²) in [5, 5.41) is 3.87. The van der Waals surface area contributed by atoms with Crippen molar-refractivity contribution in [3.05, 3.63) is 69.7 Å². The van der Waals surface area contributed by atoms with Crippen molar-refractivity contribution in [2.45, 2.75) is 71.3 Å². The Morgan fingerprint density at radius 3 is 2.53 bits per heavy atom. The molecule has 9 nitrogen and oxygen atoms in total. The van der Waals surface area contributed by atoms with Gasteiger partial charge in [0.05, 0.1) is 18.7 Å². The lowest BCUT2D eigenvalue weighted by atomic mass is 9.70. The molecule has 3 aromatic rings. The van der Waals surface area contributed by atoms with Crippen LogP contribution in [0.1, 0.15) is 86.1 Å². The number of aryl methyl sites for hydroxylation is 1. The Kier molecular flexibility index (Phi) is 10.0. The molecular weight excluding hydrogens is 588 g/mol. The molecule has 1 aromatic heterocycles. The number of piperazine rings is 1. The van der Waals surface area contributed by atoms with E-state index < -0.39 is 0 Å². The lowest BCUT2D eigenvalue weighted by molar-refractivity contribution is -0.121. The van der Waals surface area contributed by atoms with E-state index in [1.54, 1.807) is 6.07 Å². The number of amides is 1. The van der Waals surface area contributed by atoms with Crippen LogP contribution in [-0.4, -0.2) is 98.1 Å². The molecule has 2 aliphatic heterocycles. The van der Waals surface area contributed by atoms with Crippen LogP contribution < -0.4 is 10.2 Å². The van der Waals surface area contributed by atoms with Crippen LogP contribution in [-0.2, 0) is 21.4 Å². The summed E-state index contributed by atoms with van der Waals surface area (Å²) in [4.78, 5) is 41.0. The highest BCUT2D eigenvalue weighted by molar-refractivity contribution is 6.20. The third-order valence-corrected chi connectivity index (χ3v) is 10.6. The van der Waals surface area contributed by atoms with Gasteiger partial charge in [0.1, 0.15) is 0 Å². The number of rotatable bonds is 11.